The first-order chi connectivity index (χ1) is 9.11. The van der Waals surface area contributed by atoms with E-state index in [1.807, 2.05) is 6.07 Å². The number of nitrogens with one attached hydrogen (secondary N) is 1. The largest absolute Gasteiger partial charge is 0.316 e. The average molecular weight is 314 g/mol. The second-order valence-electron chi connectivity index (χ2n) is 5.14. The van der Waals surface area contributed by atoms with Crippen LogP contribution in [0.2, 0.25) is 0 Å². The normalized spacial score (nSPS) is 25.8. The molecular formula is C13H16ClN3O2S. The first-order valence-corrected chi connectivity index (χ1v) is 7.76. The molecule has 0 spiro atoms. The van der Waals surface area contributed by atoms with Crippen molar-refractivity contribution in [1.29, 1.82) is 5.26 Å². The van der Waals surface area contributed by atoms with E-state index in [9.17, 15) is 8.42 Å². The van der Waals surface area contributed by atoms with Gasteiger partial charge in [0.05, 0.1) is 16.5 Å². The highest BCUT2D eigenvalue weighted by Crippen LogP contribution is 2.30. The smallest absolute Gasteiger partial charge is 0.243 e. The molecule has 0 aromatic heterocycles. The number of fused-ring (bicyclic) bond motifs is 1. The molecule has 2 aliphatic rings. The standard InChI is InChI=1S/C13H15N3O2S.ClH/c14-5-10-1-3-13(4-2-10)19(17,18)16-8-11-6-15-7-12(11)9-16;/h1-4,11-12,15H,6-9H2;1H/t11-,12+;. The lowest BCUT2D eigenvalue weighted by Crippen LogP contribution is -2.31. The minimum Gasteiger partial charge on any atom is -0.316 e. The molecule has 108 valence electrons. The van der Waals surface area contributed by atoms with Gasteiger partial charge in [0, 0.05) is 13.1 Å². The second kappa shape index (κ2) is 5.70. The molecule has 2 saturated heterocycles. The Morgan fingerprint density at radius 1 is 1.15 bits per heavy atom. The van der Waals surface area contributed by atoms with Crippen molar-refractivity contribution in [2.45, 2.75) is 4.90 Å². The molecule has 0 bridgehead atoms. The van der Waals surface area contributed by atoms with Crippen LogP contribution in [-0.2, 0) is 10.0 Å². The molecule has 1 N–H and O–H groups in total. The van der Waals surface area contributed by atoms with E-state index in [0.29, 0.717) is 30.5 Å². The van der Waals surface area contributed by atoms with Crippen LogP contribution in [0.5, 0.6) is 0 Å². The summed E-state index contributed by atoms with van der Waals surface area (Å²) in [5.41, 5.74) is 0.474. The van der Waals surface area contributed by atoms with Crippen LogP contribution in [0.3, 0.4) is 0 Å². The van der Waals surface area contributed by atoms with Crippen molar-refractivity contribution in [3.63, 3.8) is 0 Å². The van der Waals surface area contributed by atoms with Gasteiger partial charge < -0.3 is 5.32 Å². The molecule has 1 aromatic rings. The zero-order valence-corrected chi connectivity index (χ0v) is 12.5. The molecule has 0 radical (unpaired) electrons. The number of benzene rings is 1. The van der Waals surface area contributed by atoms with Gasteiger partial charge in [-0.2, -0.15) is 9.57 Å². The van der Waals surface area contributed by atoms with E-state index in [0.717, 1.165) is 13.1 Å². The van der Waals surface area contributed by atoms with E-state index in [2.05, 4.69) is 5.32 Å². The Morgan fingerprint density at radius 2 is 1.70 bits per heavy atom. The maximum Gasteiger partial charge on any atom is 0.243 e. The van der Waals surface area contributed by atoms with Crippen molar-refractivity contribution in [1.82, 2.24) is 9.62 Å². The minimum absolute atomic E-state index is 0. The van der Waals surface area contributed by atoms with E-state index >= 15 is 0 Å². The van der Waals surface area contributed by atoms with Crippen molar-refractivity contribution in [3.05, 3.63) is 29.8 Å². The molecule has 0 unspecified atom stereocenters. The summed E-state index contributed by atoms with van der Waals surface area (Å²) in [6.45, 7) is 3.01. The first-order valence-electron chi connectivity index (χ1n) is 6.32. The lowest BCUT2D eigenvalue weighted by molar-refractivity contribution is 0.448. The zero-order valence-electron chi connectivity index (χ0n) is 10.8. The summed E-state index contributed by atoms with van der Waals surface area (Å²) in [5, 5.41) is 12.0. The topological polar surface area (TPSA) is 73.2 Å². The van der Waals surface area contributed by atoms with E-state index in [1.165, 1.54) is 12.1 Å². The van der Waals surface area contributed by atoms with E-state index < -0.39 is 10.0 Å². The average Bonchev–Trinajstić information content (AvgIpc) is 2.99. The summed E-state index contributed by atoms with van der Waals surface area (Å²) in [4.78, 5) is 0.277. The van der Waals surface area contributed by atoms with E-state index in [-0.39, 0.29) is 17.3 Å². The molecule has 7 heteroatoms. The van der Waals surface area contributed by atoms with E-state index in [4.69, 9.17) is 5.26 Å². The van der Waals surface area contributed by atoms with Gasteiger partial charge in [-0.3, -0.25) is 0 Å². The Bertz CT molecular complexity index is 612. The van der Waals surface area contributed by atoms with Gasteiger partial charge in [0.15, 0.2) is 0 Å². The number of nitriles is 1. The number of hydrogen-bond acceptors (Lipinski definition) is 4. The molecule has 2 atom stereocenters. The number of nitrogens with zero attached hydrogens (tertiary/aromatic N) is 2. The van der Waals surface area contributed by atoms with Crippen LogP contribution in [-0.4, -0.2) is 38.9 Å². The molecule has 5 nitrogen and oxygen atoms in total. The molecule has 0 amide bonds. The van der Waals surface area contributed by atoms with Crippen LogP contribution in [0, 0.1) is 23.2 Å². The lowest BCUT2D eigenvalue weighted by atomic mass is 10.0. The summed E-state index contributed by atoms with van der Waals surface area (Å²) >= 11 is 0. The highest BCUT2D eigenvalue weighted by Gasteiger charge is 2.41. The number of sulfonamides is 1. The number of hydrogen-bond donors (Lipinski definition) is 1. The van der Waals surface area contributed by atoms with Crippen molar-refractivity contribution < 1.29 is 8.42 Å². The summed E-state index contributed by atoms with van der Waals surface area (Å²) in [7, 11) is -3.41. The van der Waals surface area contributed by atoms with Gasteiger partial charge >= 0.3 is 0 Å². The fraction of sp³-hybridized carbons (Fsp3) is 0.462. The van der Waals surface area contributed by atoms with Crippen LogP contribution < -0.4 is 5.32 Å². The molecule has 3 rings (SSSR count). The van der Waals surface area contributed by atoms with E-state index in [1.54, 1.807) is 16.4 Å². The molecule has 0 saturated carbocycles. The predicted molar refractivity (Wildman–Crippen MR) is 77.0 cm³/mol. The molecule has 20 heavy (non-hydrogen) atoms. The van der Waals surface area contributed by atoms with Crippen LogP contribution in [0.1, 0.15) is 5.56 Å². The fourth-order valence-corrected chi connectivity index (χ4v) is 4.41. The number of halogens is 1. The molecule has 2 aliphatic heterocycles. The third-order valence-electron chi connectivity index (χ3n) is 3.98. The molecule has 2 heterocycles. The Kier molecular flexibility index (Phi) is 4.35. The van der Waals surface area contributed by atoms with Crippen LogP contribution >= 0.6 is 12.4 Å². The maximum absolute atomic E-state index is 12.5. The minimum atomic E-state index is -3.41. The van der Waals surface area contributed by atoms with Crippen molar-refractivity contribution in [2.24, 2.45) is 11.8 Å². The second-order valence-corrected chi connectivity index (χ2v) is 7.07. The maximum atomic E-state index is 12.5. The summed E-state index contributed by atoms with van der Waals surface area (Å²) in [6, 6.07) is 8.11. The molecular weight excluding hydrogens is 298 g/mol. The van der Waals surface area contributed by atoms with Crippen molar-refractivity contribution >= 4 is 22.4 Å². The SMILES string of the molecule is Cl.N#Cc1ccc(S(=O)(=O)N2C[C@H]3CNC[C@H]3C2)cc1. The van der Waals surface area contributed by atoms with Crippen molar-refractivity contribution in [2.75, 3.05) is 26.2 Å². The third kappa shape index (κ3) is 2.54. The van der Waals surface area contributed by atoms with Crippen molar-refractivity contribution in [3.8, 4) is 6.07 Å². The molecule has 1 aromatic carbocycles. The Hall–Kier alpha value is -1.13. The van der Waals surface area contributed by atoms with Gasteiger partial charge in [-0.1, -0.05) is 0 Å². The van der Waals surface area contributed by atoms with Gasteiger partial charge in [0.25, 0.3) is 0 Å². The van der Waals surface area contributed by atoms with Crippen LogP contribution in [0.25, 0.3) is 0 Å². The highest BCUT2D eigenvalue weighted by atomic mass is 35.5. The predicted octanol–water partition coefficient (Wildman–Crippen LogP) is 0.820. The molecule has 0 aliphatic carbocycles. The van der Waals surface area contributed by atoms with Gasteiger partial charge in [0.2, 0.25) is 10.0 Å². The quantitative estimate of drug-likeness (QED) is 0.877. The first kappa shape index (κ1) is 15.3. The summed E-state index contributed by atoms with van der Waals surface area (Å²) < 4.78 is 26.5. The highest BCUT2D eigenvalue weighted by molar-refractivity contribution is 7.89. The van der Waals surface area contributed by atoms with Crippen LogP contribution in [0.15, 0.2) is 29.2 Å². The summed E-state index contributed by atoms with van der Waals surface area (Å²) in [6.07, 6.45) is 0. The van der Waals surface area contributed by atoms with Crippen LogP contribution in [0.4, 0.5) is 0 Å². The van der Waals surface area contributed by atoms with Gasteiger partial charge in [-0.05, 0) is 49.2 Å². The fourth-order valence-electron chi connectivity index (χ4n) is 2.86. The Labute approximate surface area is 125 Å². The monoisotopic (exact) mass is 313 g/mol. The van der Waals surface area contributed by atoms with Gasteiger partial charge in [0.1, 0.15) is 0 Å². The molecule has 2 fully saturated rings. The number of rotatable bonds is 2. The Balaban J connectivity index is 0.00000147. The van der Waals surface area contributed by atoms with Gasteiger partial charge in [-0.25, -0.2) is 8.42 Å². The Morgan fingerprint density at radius 3 is 2.20 bits per heavy atom. The summed E-state index contributed by atoms with van der Waals surface area (Å²) in [5.74, 6) is 0.876. The third-order valence-corrected chi connectivity index (χ3v) is 5.82. The zero-order chi connectivity index (χ0) is 13.5. The lowest BCUT2D eigenvalue weighted by Gasteiger charge is -2.17. The van der Waals surface area contributed by atoms with Gasteiger partial charge in [-0.15, -0.1) is 12.4 Å².